The molecule has 1 saturated carbocycles. The van der Waals surface area contributed by atoms with Gasteiger partial charge < -0.3 is 14.6 Å². The highest BCUT2D eigenvalue weighted by atomic mass is 32.2. The Bertz CT molecular complexity index is 1200. The van der Waals surface area contributed by atoms with Gasteiger partial charge in [-0.05, 0) is 30.4 Å². The smallest absolute Gasteiger partial charge is 0.214 e. The molecule has 1 fully saturated rings. The SMILES string of the molecule is COc1ccc2c(n1)CCN(S(=O)(=O)C[C@H]1C[C@@H](N(C)c3ncnc4[nH]ccc34)C1)C2. The molecule has 0 aromatic carbocycles. The summed E-state index contributed by atoms with van der Waals surface area (Å²) in [5.41, 5.74) is 2.70. The van der Waals surface area contributed by atoms with Crippen LogP contribution in [-0.2, 0) is 23.0 Å². The van der Waals surface area contributed by atoms with E-state index < -0.39 is 10.0 Å². The van der Waals surface area contributed by atoms with E-state index >= 15 is 0 Å². The summed E-state index contributed by atoms with van der Waals surface area (Å²) in [7, 11) is 0.291. The molecule has 0 bridgehead atoms. The molecule has 0 saturated heterocycles. The fourth-order valence-electron chi connectivity index (χ4n) is 4.59. The molecule has 164 valence electrons. The third-order valence-electron chi connectivity index (χ3n) is 6.46. The average molecular weight is 443 g/mol. The van der Waals surface area contributed by atoms with E-state index in [2.05, 4.69) is 24.8 Å². The van der Waals surface area contributed by atoms with E-state index in [0.717, 1.165) is 41.0 Å². The van der Waals surface area contributed by atoms with Crippen molar-refractivity contribution >= 4 is 26.9 Å². The van der Waals surface area contributed by atoms with Gasteiger partial charge in [-0.3, -0.25) is 0 Å². The van der Waals surface area contributed by atoms with E-state index in [4.69, 9.17) is 4.74 Å². The Kier molecular flexibility index (Phi) is 5.05. The fraction of sp³-hybridized carbons (Fsp3) is 0.476. The van der Waals surface area contributed by atoms with E-state index in [1.165, 1.54) is 0 Å². The van der Waals surface area contributed by atoms with Crippen LogP contribution in [0.4, 0.5) is 5.82 Å². The first-order chi connectivity index (χ1) is 14.9. The van der Waals surface area contributed by atoms with Crippen molar-refractivity contribution < 1.29 is 13.2 Å². The normalized spacial score (nSPS) is 21.5. The maximum absolute atomic E-state index is 13.1. The van der Waals surface area contributed by atoms with Gasteiger partial charge in [0.2, 0.25) is 15.9 Å². The first-order valence-electron chi connectivity index (χ1n) is 10.5. The summed E-state index contributed by atoms with van der Waals surface area (Å²) in [6.07, 6.45) is 5.71. The van der Waals surface area contributed by atoms with Crippen LogP contribution in [0.25, 0.3) is 11.0 Å². The van der Waals surface area contributed by atoms with Crippen molar-refractivity contribution in [1.82, 2.24) is 24.2 Å². The third-order valence-corrected chi connectivity index (χ3v) is 8.45. The highest BCUT2D eigenvalue weighted by Gasteiger charge is 2.38. The number of ether oxygens (including phenoxy) is 1. The quantitative estimate of drug-likeness (QED) is 0.622. The molecular weight excluding hydrogens is 416 g/mol. The van der Waals surface area contributed by atoms with E-state index in [9.17, 15) is 8.42 Å². The lowest BCUT2D eigenvalue weighted by atomic mass is 9.81. The minimum absolute atomic E-state index is 0.163. The fourth-order valence-corrected chi connectivity index (χ4v) is 6.37. The number of fused-ring (bicyclic) bond motifs is 2. The summed E-state index contributed by atoms with van der Waals surface area (Å²) in [6.45, 7) is 0.856. The number of sulfonamides is 1. The summed E-state index contributed by atoms with van der Waals surface area (Å²) in [5, 5.41) is 0.985. The number of anilines is 1. The monoisotopic (exact) mass is 442 g/mol. The molecule has 0 atom stereocenters. The van der Waals surface area contributed by atoms with Gasteiger partial charge >= 0.3 is 0 Å². The van der Waals surface area contributed by atoms with Gasteiger partial charge in [0.1, 0.15) is 17.8 Å². The van der Waals surface area contributed by atoms with Crippen LogP contribution in [0, 0.1) is 5.92 Å². The summed E-state index contributed by atoms with van der Waals surface area (Å²) in [5.74, 6) is 1.81. The second-order valence-electron chi connectivity index (χ2n) is 8.36. The topological polar surface area (TPSA) is 104 Å². The number of nitrogens with one attached hydrogen (secondary N) is 1. The Balaban J connectivity index is 1.21. The Morgan fingerprint density at radius 3 is 2.90 bits per heavy atom. The molecule has 31 heavy (non-hydrogen) atoms. The number of aromatic amines is 1. The van der Waals surface area contributed by atoms with E-state index in [0.29, 0.717) is 25.4 Å². The van der Waals surface area contributed by atoms with Gasteiger partial charge in [0, 0.05) is 44.9 Å². The van der Waals surface area contributed by atoms with Crippen LogP contribution in [0.5, 0.6) is 5.88 Å². The predicted octanol–water partition coefficient (Wildman–Crippen LogP) is 1.96. The van der Waals surface area contributed by atoms with Crippen molar-refractivity contribution in [3.8, 4) is 5.88 Å². The van der Waals surface area contributed by atoms with Crippen molar-refractivity contribution in [2.45, 2.75) is 31.8 Å². The van der Waals surface area contributed by atoms with Crippen LogP contribution < -0.4 is 9.64 Å². The van der Waals surface area contributed by atoms with Crippen LogP contribution in [-0.4, -0.2) is 65.2 Å². The Labute approximate surface area is 181 Å². The van der Waals surface area contributed by atoms with Crippen molar-refractivity contribution in [2.24, 2.45) is 5.92 Å². The van der Waals surface area contributed by atoms with Crippen LogP contribution in [0.3, 0.4) is 0 Å². The molecule has 0 spiro atoms. The van der Waals surface area contributed by atoms with Crippen molar-refractivity contribution in [3.05, 3.63) is 42.0 Å². The first-order valence-corrected chi connectivity index (χ1v) is 12.1. The number of hydrogen-bond donors (Lipinski definition) is 1. The number of aromatic nitrogens is 4. The standard InChI is InChI=1S/C21H26N6O3S/c1-26(21-17-5-7-22-20(17)23-13-24-21)16-9-14(10-16)12-31(28,29)27-8-6-18-15(11-27)3-4-19(25-18)30-2/h3-5,7,13-14,16H,6,8-12H2,1-2H3,(H,22,23,24)/t14-,16+. The largest absolute Gasteiger partial charge is 0.481 e. The van der Waals surface area contributed by atoms with Crippen LogP contribution >= 0.6 is 0 Å². The van der Waals surface area contributed by atoms with E-state index in [1.807, 2.05) is 25.4 Å². The molecule has 0 amide bonds. The second-order valence-corrected chi connectivity index (χ2v) is 10.4. The zero-order valence-corrected chi connectivity index (χ0v) is 18.5. The Hall–Kier alpha value is -2.72. The summed E-state index contributed by atoms with van der Waals surface area (Å²) < 4.78 is 32.9. The van der Waals surface area contributed by atoms with Crippen molar-refractivity contribution in [2.75, 3.05) is 31.4 Å². The third kappa shape index (κ3) is 3.74. The lowest BCUT2D eigenvalue weighted by Crippen LogP contribution is -2.47. The molecule has 3 aromatic rings. The maximum Gasteiger partial charge on any atom is 0.214 e. The van der Waals surface area contributed by atoms with Gasteiger partial charge in [0.15, 0.2) is 0 Å². The zero-order valence-electron chi connectivity index (χ0n) is 17.7. The maximum atomic E-state index is 13.1. The number of pyridine rings is 1. The molecule has 1 N–H and O–H groups in total. The number of nitrogens with zero attached hydrogens (tertiary/aromatic N) is 5. The summed E-state index contributed by atoms with van der Waals surface area (Å²) >= 11 is 0. The molecule has 1 aliphatic heterocycles. The molecule has 4 heterocycles. The lowest BCUT2D eigenvalue weighted by Gasteiger charge is -2.42. The molecule has 0 unspecified atom stereocenters. The van der Waals surface area contributed by atoms with Gasteiger partial charge in [-0.25, -0.2) is 23.4 Å². The molecular formula is C21H26N6O3S. The highest BCUT2D eigenvalue weighted by Crippen LogP contribution is 2.36. The summed E-state index contributed by atoms with van der Waals surface area (Å²) in [6, 6.07) is 5.96. The first kappa shape index (κ1) is 20.2. The molecule has 5 rings (SSSR count). The highest BCUT2D eigenvalue weighted by molar-refractivity contribution is 7.89. The Morgan fingerprint density at radius 2 is 2.10 bits per heavy atom. The van der Waals surface area contributed by atoms with E-state index in [-0.39, 0.29) is 17.7 Å². The average Bonchev–Trinajstić information content (AvgIpc) is 3.23. The van der Waals surface area contributed by atoms with Crippen molar-refractivity contribution in [3.63, 3.8) is 0 Å². The summed E-state index contributed by atoms with van der Waals surface area (Å²) in [4.78, 5) is 18.4. The van der Waals surface area contributed by atoms with Gasteiger partial charge in [0.05, 0.1) is 23.9 Å². The van der Waals surface area contributed by atoms with Gasteiger partial charge in [-0.2, -0.15) is 4.31 Å². The molecule has 2 aliphatic rings. The second kappa shape index (κ2) is 7.76. The van der Waals surface area contributed by atoms with Crippen LogP contribution in [0.1, 0.15) is 24.1 Å². The molecule has 10 heteroatoms. The number of rotatable bonds is 6. The van der Waals surface area contributed by atoms with Crippen LogP contribution in [0.2, 0.25) is 0 Å². The molecule has 9 nitrogen and oxygen atoms in total. The van der Waals surface area contributed by atoms with Gasteiger partial charge in [-0.1, -0.05) is 6.07 Å². The predicted molar refractivity (Wildman–Crippen MR) is 117 cm³/mol. The van der Waals surface area contributed by atoms with Gasteiger partial charge in [0.25, 0.3) is 0 Å². The van der Waals surface area contributed by atoms with Crippen LogP contribution in [0.15, 0.2) is 30.7 Å². The number of hydrogen-bond acceptors (Lipinski definition) is 7. The lowest BCUT2D eigenvalue weighted by molar-refractivity contribution is 0.276. The van der Waals surface area contributed by atoms with Gasteiger partial charge in [-0.15, -0.1) is 0 Å². The Morgan fingerprint density at radius 1 is 1.26 bits per heavy atom. The minimum atomic E-state index is -3.32. The number of H-pyrrole nitrogens is 1. The zero-order chi connectivity index (χ0) is 21.6. The number of methoxy groups -OCH3 is 1. The molecule has 1 aliphatic carbocycles. The minimum Gasteiger partial charge on any atom is -0.481 e. The molecule has 3 aromatic heterocycles. The van der Waals surface area contributed by atoms with E-state index in [1.54, 1.807) is 23.8 Å². The molecule has 0 radical (unpaired) electrons. The van der Waals surface area contributed by atoms with Crippen molar-refractivity contribution in [1.29, 1.82) is 0 Å².